The summed E-state index contributed by atoms with van der Waals surface area (Å²) in [6.07, 6.45) is 46.9. The molecule has 0 heterocycles. The first-order chi connectivity index (χ1) is 21.1. The third kappa shape index (κ3) is 48.6. The average molecular weight is 639 g/mol. The lowest BCUT2D eigenvalue weighted by Gasteiger charge is -2.30. The Morgan fingerprint density at radius 1 is 0.318 bits per heavy atom. The van der Waals surface area contributed by atoms with E-state index in [1.165, 1.54) is 223 Å². The number of rotatable bonds is 34. The second kappa shape index (κ2) is 35.6. The minimum atomic E-state index is -6.00. The smallest absolute Gasteiger partial charge is 0.418 e. The van der Waals surface area contributed by atoms with Gasteiger partial charge in [-0.2, -0.15) is 0 Å². The molecule has 0 amide bonds. The van der Waals surface area contributed by atoms with Gasteiger partial charge in [0.25, 0.3) is 0 Å². The van der Waals surface area contributed by atoms with Gasteiger partial charge in [0.05, 0.1) is 27.2 Å². The van der Waals surface area contributed by atoms with E-state index in [0.717, 1.165) is 0 Å². The van der Waals surface area contributed by atoms with Crippen molar-refractivity contribution in [2.75, 3.05) is 27.2 Å². The number of hydrogen-bond acceptors (Lipinski definition) is 0. The van der Waals surface area contributed by atoms with Gasteiger partial charge in [-0.15, -0.1) is 0 Å². The van der Waals surface area contributed by atoms with E-state index in [4.69, 9.17) is 0 Å². The fourth-order valence-corrected chi connectivity index (χ4v) is 6.29. The standard InChI is InChI=1S/C38H80N.BF4/c1-5-7-9-11-13-15-17-19-21-23-25-27-29-31-33-35-37-39(3,4)38-36-34-32-30-28-26-24-22-20-18-16-14-12-10-8-6-2;2-1(3,4)5/h5-38H2,1-4H3;/q+1;-1/p+1. The fourth-order valence-electron chi connectivity index (χ4n) is 6.29. The van der Waals surface area contributed by atoms with Crippen LogP contribution in [0.4, 0.5) is 17.3 Å². The molecule has 0 aliphatic heterocycles. The van der Waals surface area contributed by atoms with Crippen LogP contribution in [0.2, 0.25) is 0 Å². The average Bonchev–Trinajstić information content (AvgIpc) is 2.96. The molecule has 0 N–H and O–H groups in total. The van der Waals surface area contributed by atoms with E-state index in [1.807, 2.05) is 0 Å². The predicted molar refractivity (Wildman–Crippen MR) is 192 cm³/mol. The third-order valence-corrected chi connectivity index (χ3v) is 9.23. The van der Waals surface area contributed by atoms with Crippen LogP contribution in [0.15, 0.2) is 0 Å². The van der Waals surface area contributed by atoms with Gasteiger partial charge in [0, 0.05) is 0 Å². The largest absolute Gasteiger partial charge is 1.00 e. The zero-order valence-corrected chi connectivity index (χ0v) is 30.6. The van der Waals surface area contributed by atoms with E-state index in [-0.39, 0.29) is 1.43 Å². The highest BCUT2D eigenvalue weighted by Gasteiger charge is 2.20. The summed E-state index contributed by atoms with van der Waals surface area (Å²) in [5, 5.41) is 0. The Morgan fingerprint density at radius 3 is 0.614 bits per heavy atom. The molecule has 0 radical (unpaired) electrons. The third-order valence-electron chi connectivity index (χ3n) is 9.23. The summed E-state index contributed by atoms with van der Waals surface area (Å²) >= 11 is 0. The Morgan fingerprint density at radius 2 is 0.455 bits per heavy atom. The summed E-state index contributed by atoms with van der Waals surface area (Å²) < 4.78 is 40.2. The van der Waals surface area contributed by atoms with Gasteiger partial charge in [0.2, 0.25) is 0 Å². The molecular weight excluding hydrogens is 557 g/mol. The van der Waals surface area contributed by atoms with Crippen LogP contribution in [0.1, 0.15) is 221 Å². The SMILES string of the molecule is CCCCCCCCCCCCCCCCCC[N+](C)(C)CCCCCCCCCCCCCCCCCC.F[B-](F)(F)F.[H+]. The highest BCUT2D eigenvalue weighted by atomic mass is 19.5. The summed E-state index contributed by atoms with van der Waals surface area (Å²) in [7, 11) is -1.06. The molecule has 0 unspecified atom stereocenters. The van der Waals surface area contributed by atoms with Crippen molar-refractivity contribution in [1.29, 1.82) is 0 Å². The number of hydrogen-bond donors (Lipinski definition) is 0. The van der Waals surface area contributed by atoms with E-state index >= 15 is 0 Å². The second-order valence-corrected chi connectivity index (χ2v) is 14.5. The van der Waals surface area contributed by atoms with Gasteiger partial charge < -0.3 is 21.7 Å². The van der Waals surface area contributed by atoms with Gasteiger partial charge in [-0.05, 0) is 25.7 Å². The summed E-state index contributed by atoms with van der Waals surface area (Å²) in [6, 6.07) is 0. The Bertz CT molecular complexity index is 490. The minimum absolute atomic E-state index is 0. The first-order valence-electron chi connectivity index (χ1n) is 19.8. The molecule has 0 bridgehead atoms. The number of halogens is 4. The van der Waals surface area contributed by atoms with Crippen molar-refractivity contribution < 1.29 is 23.2 Å². The molecule has 0 atom stereocenters. The normalized spacial score (nSPS) is 12.0. The van der Waals surface area contributed by atoms with Crippen LogP contribution in [0.25, 0.3) is 0 Å². The first kappa shape index (κ1) is 45.9. The Labute approximate surface area is 276 Å². The Kier molecular flexibility index (Phi) is 37.1. The molecule has 0 spiro atoms. The maximum Gasteiger partial charge on any atom is 1.00 e. The molecule has 0 aromatic rings. The molecular formula is C38H81BF4N+. The van der Waals surface area contributed by atoms with Crippen molar-refractivity contribution in [3.63, 3.8) is 0 Å². The fraction of sp³-hybridized carbons (Fsp3) is 1.00. The molecule has 0 aliphatic carbocycles. The van der Waals surface area contributed by atoms with E-state index < -0.39 is 7.25 Å². The zero-order chi connectivity index (χ0) is 33.0. The highest BCUT2D eigenvalue weighted by Crippen LogP contribution is 2.16. The quantitative estimate of drug-likeness (QED) is 0.0285. The number of unbranched alkanes of at least 4 members (excludes halogenated alkanes) is 30. The lowest BCUT2D eigenvalue weighted by molar-refractivity contribution is -0.890. The van der Waals surface area contributed by atoms with Crippen molar-refractivity contribution in [3.05, 3.63) is 0 Å². The van der Waals surface area contributed by atoms with Gasteiger partial charge in [0.15, 0.2) is 0 Å². The molecule has 0 rings (SSSR count). The molecule has 1 nitrogen and oxygen atoms in total. The molecule has 6 heteroatoms. The topological polar surface area (TPSA) is 0 Å². The first-order valence-corrected chi connectivity index (χ1v) is 19.8. The van der Waals surface area contributed by atoms with Gasteiger partial charge in [-0.25, -0.2) is 0 Å². The summed E-state index contributed by atoms with van der Waals surface area (Å²) in [6.45, 7) is 7.39. The lowest BCUT2D eigenvalue weighted by Crippen LogP contribution is -2.41. The summed E-state index contributed by atoms with van der Waals surface area (Å²) in [5.41, 5.74) is 0. The zero-order valence-electron chi connectivity index (χ0n) is 31.6. The van der Waals surface area contributed by atoms with Gasteiger partial charge in [-0.3, -0.25) is 0 Å². The molecule has 0 saturated carbocycles. The molecule has 268 valence electrons. The van der Waals surface area contributed by atoms with Crippen LogP contribution in [-0.4, -0.2) is 38.9 Å². The van der Waals surface area contributed by atoms with E-state index in [1.54, 1.807) is 0 Å². The van der Waals surface area contributed by atoms with E-state index in [2.05, 4.69) is 27.9 Å². The van der Waals surface area contributed by atoms with Crippen LogP contribution >= 0.6 is 0 Å². The van der Waals surface area contributed by atoms with Crippen LogP contribution in [0.3, 0.4) is 0 Å². The molecule has 0 aromatic carbocycles. The Balaban J connectivity index is -0.00000270. The summed E-state index contributed by atoms with van der Waals surface area (Å²) in [4.78, 5) is 0. The molecule has 0 fully saturated rings. The van der Waals surface area contributed by atoms with E-state index in [9.17, 15) is 17.3 Å². The van der Waals surface area contributed by atoms with Crippen LogP contribution < -0.4 is 0 Å². The van der Waals surface area contributed by atoms with Gasteiger partial charge in [0.1, 0.15) is 0 Å². The van der Waals surface area contributed by atoms with E-state index in [0.29, 0.717) is 0 Å². The maximum atomic E-state index is 9.75. The van der Waals surface area contributed by atoms with Gasteiger partial charge >= 0.3 is 8.68 Å². The Hall–Kier alpha value is -0.255. The van der Waals surface area contributed by atoms with Gasteiger partial charge in [-0.1, -0.05) is 194 Å². The second-order valence-electron chi connectivity index (χ2n) is 14.5. The molecule has 44 heavy (non-hydrogen) atoms. The minimum Gasteiger partial charge on any atom is -0.418 e. The van der Waals surface area contributed by atoms with Crippen molar-refractivity contribution in [3.8, 4) is 0 Å². The maximum absolute atomic E-state index is 9.75. The van der Waals surface area contributed by atoms with Crippen molar-refractivity contribution in [1.82, 2.24) is 0 Å². The summed E-state index contributed by atoms with van der Waals surface area (Å²) in [5.74, 6) is 0. The molecule has 0 saturated heterocycles. The molecule has 0 aromatic heterocycles. The predicted octanol–water partition coefficient (Wildman–Crippen LogP) is 15.0. The molecule has 0 aliphatic rings. The highest BCUT2D eigenvalue weighted by molar-refractivity contribution is 6.50. The van der Waals surface area contributed by atoms with Crippen molar-refractivity contribution in [2.24, 2.45) is 0 Å². The lowest BCUT2D eigenvalue weighted by atomic mass is 10.0. The number of nitrogens with zero attached hydrogens (tertiary/aromatic N) is 1. The van der Waals surface area contributed by atoms with Crippen LogP contribution in [-0.2, 0) is 0 Å². The van der Waals surface area contributed by atoms with Crippen LogP contribution in [0, 0.1) is 0 Å². The van der Waals surface area contributed by atoms with Crippen molar-refractivity contribution >= 4 is 7.25 Å². The van der Waals surface area contributed by atoms with Crippen molar-refractivity contribution in [2.45, 2.75) is 219 Å². The number of quaternary nitrogens is 1. The monoisotopic (exact) mass is 639 g/mol. The van der Waals surface area contributed by atoms with Crippen LogP contribution in [0.5, 0.6) is 0 Å².